The molecule has 3 aromatic carbocycles. The zero-order valence-electron chi connectivity index (χ0n) is 16.8. The van der Waals surface area contributed by atoms with Crippen LogP contribution >= 0.6 is 23.5 Å². The molecule has 0 heterocycles. The van der Waals surface area contributed by atoms with Crippen molar-refractivity contribution >= 4 is 50.8 Å². The van der Waals surface area contributed by atoms with Gasteiger partial charge in [0, 0.05) is 22.4 Å². The number of sulfonamides is 1. The highest BCUT2D eigenvalue weighted by molar-refractivity contribution is 7.99. The van der Waals surface area contributed by atoms with Crippen LogP contribution in [0.3, 0.4) is 0 Å². The lowest BCUT2D eigenvalue weighted by Gasteiger charge is -2.20. The number of carbonyl (C=O) groups excluding carboxylic acids is 1. The van der Waals surface area contributed by atoms with Crippen molar-refractivity contribution in [2.24, 2.45) is 0 Å². The highest BCUT2D eigenvalue weighted by Gasteiger charge is 2.21. The van der Waals surface area contributed by atoms with Crippen LogP contribution in [0, 0.1) is 0 Å². The second-order valence-electron chi connectivity index (χ2n) is 6.35. The van der Waals surface area contributed by atoms with Crippen molar-refractivity contribution < 1.29 is 13.2 Å². The van der Waals surface area contributed by atoms with Crippen LogP contribution in [0.4, 0.5) is 11.4 Å². The van der Waals surface area contributed by atoms with Gasteiger partial charge in [0.2, 0.25) is 0 Å². The zero-order valence-corrected chi connectivity index (χ0v) is 19.3. The lowest BCUT2D eigenvalue weighted by Crippen LogP contribution is -2.26. The maximum absolute atomic E-state index is 12.9. The minimum absolute atomic E-state index is 0.221. The van der Waals surface area contributed by atoms with E-state index in [9.17, 15) is 13.2 Å². The van der Waals surface area contributed by atoms with Crippen LogP contribution in [-0.4, -0.2) is 33.9 Å². The maximum Gasteiger partial charge on any atom is 0.264 e. The van der Waals surface area contributed by atoms with Crippen LogP contribution in [0.1, 0.15) is 10.4 Å². The van der Waals surface area contributed by atoms with Crippen LogP contribution in [-0.2, 0) is 10.0 Å². The second-order valence-corrected chi connectivity index (χ2v) is 10.0. The average Bonchev–Trinajstić information content (AvgIpc) is 2.79. The Kier molecular flexibility index (Phi) is 7.12. The number of carbonyl (C=O) groups is 1. The van der Waals surface area contributed by atoms with Gasteiger partial charge in [-0.15, -0.1) is 23.5 Å². The minimum atomic E-state index is -3.69. The van der Waals surface area contributed by atoms with E-state index < -0.39 is 10.0 Å². The summed E-state index contributed by atoms with van der Waals surface area (Å²) in [5.74, 6) is -0.249. The predicted octanol–water partition coefficient (Wildman–Crippen LogP) is 5.21. The Morgan fingerprint density at radius 2 is 1.50 bits per heavy atom. The van der Waals surface area contributed by atoms with Crippen molar-refractivity contribution in [3.05, 3.63) is 78.4 Å². The van der Waals surface area contributed by atoms with Gasteiger partial charge in [-0.2, -0.15) is 0 Å². The lowest BCUT2D eigenvalue weighted by atomic mass is 10.2. The first-order valence-electron chi connectivity index (χ1n) is 9.04. The summed E-state index contributed by atoms with van der Waals surface area (Å²) in [7, 11) is -2.19. The average molecular weight is 459 g/mol. The molecule has 0 fully saturated rings. The molecule has 3 rings (SSSR count). The first-order valence-corrected chi connectivity index (χ1v) is 12.9. The van der Waals surface area contributed by atoms with E-state index in [1.807, 2.05) is 36.8 Å². The normalized spacial score (nSPS) is 11.2. The second kappa shape index (κ2) is 9.59. The molecule has 1 amide bonds. The van der Waals surface area contributed by atoms with Gasteiger partial charge in [-0.05, 0) is 73.2 Å². The molecule has 0 aliphatic rings. The van der Waals surface area contributed by atoms with Crippen molar-refractivity contribution in [3.63, 3.8) is 0 Å². The quantitative estimate of drug-likeness (QED) is 0.493. The highest BCUT2D eigenvalue weighted by Crippen LogP contribution is 2.27. The van der Waals surface area contributed by atoms with Gasteiger partial charge in [-0.25, -0.2) is 8.42 Å². The molecule has 0 aromatic heterocycles. The summed E-state index contributed by atoms with van der Waals surface area (Å²) in [6, 6.07) is 20.8. The first kappa shape index (κ1) is 22.3. The molecule has 0 aliphatic carbocycles. The summed E-state index contributed by atoms with van der Waals surface area (Å²) >= 11 is 3.10. The van der Waals surface area contributed by atoms with Gasteiger partial charge in [0.15, 0.2) is 0 Å². The summed E-state index contributed by atoms with van der Waals surface area (Å²) < 4.78 is 27.0. The number of rotatable bonds is 7. The van der Waals surface area contributed by atoms with E-state index >= 15 is 0 Å². The van der Waals surface area contributed by atoms with Gasteiger partial charge in [0.25, 0.3) is 15.9 Å². The van der Waals surface area contributed by atoms with Crippen LogP contribution in [0.25, 0.3) is 0 Å². The molecule has 30 heavy (non-hydrogen) atoms. The van der Waals surface area contributed by atoms with Gasteiger partial charge in [0.05, 0.1) is 16.3 Å². The van der Waals surface area contributed by atoms with Crippen molar-refractivity contribution in [2.75, 3.05) is 29.2 Å². The topological polar surface area (TPSA) is 66.5 Å². The summed E-state index contributed by atoms with van der Waals surface area (Å²) in [5, 5.41) is 2.90. The maximum atomic E-state index is 12.9. The molecule has 0 radical (unpaired) electrons. The molecular weight excluding hydrogens is 436 g/mol. The van der Waals surface area contributed by atoms with E-state index in [0.29, 0.717) is 11.3 Å². The summed E-state index contributed by atoms with van der Waals surface area (Å²) in [4.78, 5) is 14.8. The Morgan fingerprint density at radius 3 is 2.10 bits per heavy atom. The van der Waals surface area contributed by atoms with E-state index in [-0.39, 0.29) is 10.8 Å². The molecule has 5 nitrogen and oxygen atoms in total. The Morgan fingerprint density at radius 1 is 0.867 bits per heavy atom. The third kappa shape index (κ3) is 4.83. The van der Waals surface area contributed by atoms with Crippen LogP contribution in [0.5, 0.6) is 0 Å². The van der Waals surface area contributed by atoms with Crippen molar-refractivity contribution in [1.82, 2.24) is 0 Å². The monoisotopic (exact) mass is 458 g/mol. The molecule has 0 unspecified atom stereocenters. The van der Waals surface area contributed by atoms with Gasteiger partial charge in [-0.1, -0.05) is 12.1 Å². The van der Waals surface area contributed by atoms with E-state index in [1.54, 1.807) is 72.1 Å². The van der Waals surface area contributed by atoms with E-state index in [0.717, 1.165) is 15.5 Å². The summed E-state index contributed by atoms with van der Waals surface area (Å²) in [6.07, 6.45) is 3.89. The number of amides is 1. The number of hydrogen-bond donors (Lipinski definition) is 1. The minimum Gasteiger partial charge on any atom is -0.321 e. The number of hydrogen-bond acceptors (Lipinski definition) is 5. The molecule has 0 saturated carbocycles. The molecular formula is C22H22N2O3S3. The molecule has 0 saturated heterocycles. The Labute approximate surface area is 185 Å². The van der Waals surface area contributed by atoms with E-state index in [1.165, 1.54) is 11.4 Å². The number of anilines is 2. The lowest BCUT2D eigenvalue weighted by molar-refractivity contribution is 0.102. The fourth-order valence-corrected chi connectivity index (χ4v) is 4.97. The first-order chi connectivity index (χ1) is 14.4. The number of thioether (sulfide) groups is 2. The fraction of sp³-hybridized carbons (Fsp3) is 0.136. The molecule has 156 valence electrons. The fourth-order valence-electron chi connectivity index (χ4n) is 2.81. The van der Waals surface area contributed by atoms with Gasteiger partial charge in [0.1, 0.15) is 0 Å². The molecule has 0 aliphatic heterocycles. The number of benzene rings is 3. The Bertz CT molecular complexity index is 1130. The number of para-hydroxylation sites is 1. The third-order valence-electron chi connectivity index (χ3n) is 4.57. The standard InChI is InChI=1S/C22H22N2O3S3/c1-24(30(26,27)19-14-12-18(28-2)13-15-19)17-10-8-16(9-11-17)22(25)23-20-6-4-5-7-21(20)29-3/h4-15H,1-3H3,(H,23,25). The van der Waals surface area contributed by atoms with Crippen LogP contribution in [0.2, 0.25) is 0 Å². The summed E-state index contributed by atoms with van der Waals surface area (Å²) in [5.41, 5.74) is 1.67. The third-order valence-corrected chi connectivity index (χ3v) is 7.91. The van der Waals surface area contributed by atoms with Crippen LogP contribution in [0.15, 0.2) is 87.5 Å². The van der Waals surface area contributed by atoms with Crippen molar-refractivity contribution in [2.45, 2.75) is 14.7 Å². The molecule has 0 bridgehead atoms. The number of nitrogens with zero attached hydrogens (tertiary/aromatic N) is 1. The zero-order chi connectivity index (χ0) is 21.7. The molecule has 1 N–H and O–H groups in total. The molecule has 8 heteroatoms. The van der Waals surface area contributed by atoms with Gasteiger partial charge < -0.3 is 5.32 Å². The van der Waals surface area contributed by atoms with Gasteiger partial charge >= 0.3 is 0 Å². The predicted molar refractivity (Wildman–Crippen MR) is 126 cm³/mol. The largest absolute Gasteiger partial charge is 0.321 e. The Balaban J connectivity index is 1.77. The summed E-state index contributed by atoms with van der Waals surface area (Å²) in [6.45, 7) is 0. The van der Waals surface area contributed by atoms with E-state index in [4.69, 9.17) is 0 Å². The highest BCUT2D eigenvalue weighted by atomic mass is 32.2. The number of nitrogens with one attached hydrogen (secondary N) is 1. The molecule has 3 aromatic rings. The van der Waals surface area contributed by atoms with Crippen molar-refractivity contribution in [3.8, 4) is 0 Å². The molecule has 0 atom stereocenters. The van der Waals surface area contributed by atoms with E-state index in [2.05, 4.69) is 5.32 Å². The molecule has 0 spiro atoms. The van der Waals surface area contributed by atoms with Crippen molar-refractivity contribution in [1.29, 1.82) is 0 Å². The Hall–Kier alpha value is -2.42. The smallest absolute Gasteiger partial charge is 0.264 e. The van der Waals surface area contributed by atoms with Gasteiger partial charge in [-0.3, -0.25) is 9.10 Å². The van der Waals surface area contributed by atoms with Crippen LogP contribution < -0.4 is 9.62 Å². The SMILES string of the molecule is CSc1ccc(S(=O)(=O)N(C)c2ccc(C(=O)Nc3ccccc3SC)cc2)cc1.